The van der Waals surface area contributed by atoms with Crippen LogP contribution in [-0.4, -0.2) is 63.1 Å². The van der Waals surface area contributed by atoms with Gasteiger partial charge in [-0.15, -0.1) is 0 Å². The van der Waals surface area contributed by atoms with E-state index in [-0.39, 0.29) is 10.6 Å². The lowest BCUT2D eigenvalue weighted by Gasteiger charge is -2.32. The summed E-state index contributed by atoms with van der Waals surface area (Å²) in [5.41, 5.74) is 7.69. The third-order valence-corrected chi connectivity index (χ3v) is 8.02. The molecular formula is C25H29N5O4S. The monoisotopic (exact) mass is 495 g/mol. The van der Waals surface area contributed by atoms with E-state index in [0.717, 1.165) is 25.4 Å². The van der Waals surface area contributed by atoms with Crippen molar-refractivity contribution in [1.82, 2.24) is 8.87 Å². The summed E-state index contributed by atoms with van der Waals surface area (Å²) >= 11 is 0. The van der Waals surface area contributed by atoms with E-state index in [0.29, 0.717) is 23.7 Å². The molecule has 0 saturated carbocycles. The zero-order valence-electron chi connectivity index (χ0n) is 19.6. The van der Waals surface area contributed by atoms with Crippen molar-refractivity contribution in [2.24, 2.45) is 10.7 Å². The topological polar surface area (TPSA) is 102 Å². The Bertz CT molecular complexity index is 1310. The second-order valence-electron chi connectivity index (χ2n) is 8.50. The first-order valence-electron chi connectivity index (χ1n) is 11.6. The first-order valence-corrected chi connectivity index (χ1v) is 13.1. The van der Waals surface area contributed by atoms with Gasteiger partial charge in [-0.25, -0.2) is 12.4 Å². The van der Waals surface area contributed by atoms with Gasteiger partial charge in [0.2, 0.25) is 0 Å². The molecule has 1 saturated heterocycles. The van der Waals surface area contributed by atoms with Crippen LogP contribution >= 0.6 is 0 Å². The summed E-state index contributed by atoms with van der Waals surface area (Å²) < 4.78 is 39.8. The van der Waals surface area contributed by atoms with E-state index >= 15 is 0 Å². The van der Waals surface area contributed by atoms with Crippen LogP contribution < -0.4 is 20.1 Å². The highest BCUT2D eigenvalue weighted by molar-refractivity contribution is 7.90. The van der Waals surface area contributed by atoms with Gasteiger partial charge < -0.3 is 9.47 Å². The first kappa shape index (κ1) is 23.4. The molecule has 1 aromatic heterocycles. The SMILES string of the molecule is COc1ccccc1S(=O)(=O)n1ccc2c1N(c1ccc(OCCN3CCCC3)cc1)C(N)N=C2. The molecule has 2 aliphatic rings. The Kier molecular flexibility index (Phi) is 6.50. The van der Waals surface area contributed by atoms with Gasteiger partial charge in [0.15, 0.2) is 6.29 Å². The third-order valence-electron chi connectivity index (χ3n) is 6.31. The van der Waals surface area contributed by atoms with Gasteiger partial charge in [0.25, 0.3) is 10.0 Å². The summed E-state index contributed by atoms with van der Waals surface area (Å²) in [4.78, 5) is 8.53. The summed E-state index contributed by atoms with van der Waals surface area (Å²) in [6.07, 6.45) is 4.83. The summed E-state index contributed by atoms with van der Waals surface area (Å²) in [7, 11) is -2.52. The van der Waals surface area contributed by atoms with E-state index < -0.39 is 16.3 Å². The largest absolute Gasteiger partial charge is 0.495 e. The fourth-order valence-corrected chi connectivity index (χ4v) is 6.03. The molecule has 0 bridgehead atoms. The quantitative estimate of drug-likeness (QED) is 0.512. The lowest BCUT2D eigenvalue weighted by molar-refractivity contribution is 0.238. The fourth-order valence-electron chi connectivity index (χ4n) is 4.52. The smallest absolute Gasteiger partial charge is 0.273 e. The zero-order valence-corrected chi connectivity index (χ0v) is 20.4. The number of rotatable bonds is 8. The first-order chi connectivity index (χ1) is 17.0. The van der Waals surface area contributed by atoms with Gasteiger partial charge in [-0.1, -0.05) is 12.1 Å². The molecule has 2 aliphatic heterocycles. The Morgan fingerprint density at radius 3 is 2.54 bits per heavy atom. The maximum Gasteiger partial charge on any atom is 0.273 e. The van der Waals surface area contributed by atoms with Crippen LogP contribution in [0.15, 0.2) is 70.7 Å². The molecule has 3 heterocycles. The average molecular weight is 496 g/mol. The van der Waals surface area contributed by atoms with Crippen LogP contribution in [0.4, 0.5) is 11.5 Å². The molecule has 9 nitrogen and oxygen atoms in total. The van der Waals surface area contributed by atoms with E-state index in [1.807, 2.05) is 24.3 Å². The Balaban J connectivity index is 1.43. The second-order valence-corrected chi connectivity index (χ2v) is 10.3. The van der Waals surface area contributed by atoms with Crippen molar-refractivity contribution in [3.8, 4) is 11.5 Å². The Morgan fingerprint density at radius 2 is 1.80 bits per heavy atom. The molecule has 0 amide bonds. The van der Waals surface area contributed by atoms with Crippen molar-refractivity contribution in [1.29, 1.82) is 0 Å². The Labute approximate surface area is 205 Å². The maximum absolute atomic E-state index is 13.7. The molecule has 2 N–H and O–H groups in total. The van der Waals surface area contributed by atoms with E-state index in [9.17, 15) is 8.42 Å². The van der Waals surface area contributed by atoms with Crippen LogP contribution in [0.2, 0.25) is 0 Å². The number of para-hydroxylation sites is 1. The lowest BCUT2D eigenvalue weighted by atomic mass is 10.2. The molecule has 1 fully saturated rings. The lowest BCUT2D eigenvalue weighted by Crippen LogP contribution is -2.41. The number of aliphatic imine (C=N–C) groups is 1. The van der Waals surface area contributed by atoms with Crippen LogP contribution in [0, 0.1) is 0 Å². The van der Waals surface area contributed by atoms with Crippen LogP contribution in [-0.2, 0) is 10.0 Å². The number of likely N-dealkylation sites (tertiary alicyclic amines) is 1. The Hall–Kier alpha value is -3.34. The number of fused-ring (bicyclic) bond motifs is 1. The van der Waals surface area contributed by atoms with Gasteiger partial charge >= 0.3 is 0 Å². The molecule has 5 rings (SSSR count). The van der Waals surface area contributed by atoms with Gasteiger partial charge in [0, 0.05) is 30.2 Å². The van der Waals surface area contributed by atoms with Crippen molar-refractivity contribution in [2.45, 2.75) is 24.0 Å². The molecule has 184 valence electrons. The number of anilines is 2. The molecule has 0 spiro atoms. The van der Waals surface area contributed by atoms with Crippen molar-refractivity contribution in [3.05, 3.63) is 66.4 Å². The summed E-state index contributed by atoms with van der Waals surface area (Å²) in [5.74, 6) is 1.44. The zero-order chi connectivity index (χ0) is 24.4. The number of nitrogens with zero attached hydrogens (tertiary/aromatic N) is 4. The third kappa shape index (κ3) is 4.52. The number of hydrogen-bond acceptors (Lipinski definition) is 8. The maximum atomic E-state index is 13.7. The molecule has 10 heteroatoms. The van der Waals surface area contributed by atoms with Gasteiger partial charge in [-0.05, 0) is 68.4 Å². The minimum atomic E-state index is -3.97. The molecule has 1 unspecified atom stereocenters. The predicted octanol–water partition coefficient (Wildman–Crippen LogP) is 3.02. The van der Waals surface area contributed by atoms with Gasteiger partial charge in [-0.2, -0.15) is 0 Å². The van der Waals surface area contributed by atoms with E-state index in [4.69, 9.17) is 15.2 Å². The van der Waals surface area contributed by atoms with Gasteiger partial charge in [0.1, 0.15) is 28.8 Å². The number of ether oxygens (including phenoxy) is 2. The Morgan fingerprint density at radius 1 is 1.06 bits per heavy atom. The highest BCUT2D eigenvalue weighted by Gasteiger charge is 2.32. The number of aromatic nitrogens is 1. The molecule has 3 aromatic rings. The van der Waals surface area contributed by atoms with Crippen molar-refractivity contribution in [3.63, 3.8) is 0 Å². The van der Waals surface area contributed by atoms with E-state index in [1.165, 1.54) is 36.2 Å². The fraction of sp³-hybridized carbons (Fsp3) is 0.320. The van der Waals surface area contributed by atoms with Crippen LogP contribution in [0.5, 0.6) is 11.5 Å². The van der Waals surface area contributed by atoms with Crippen LogP contribution in [0.25, 0.3) is 0 Å². The minimum Gasteiger partial charge on any atom is -0.495 e. The number of methoxy groups -OCH3 is 1. The molecule has 0 aliphatic carbocycles. The predicted molar refractivity (Wildman–Crippen MR) is 135 cm³/mol. The van der Waals surface area contributed by atoms with Crippen LogP contribution in [0.3, 0.4) is 0 Å². The summed E-state index contributed by atoms with van der Waals surface area (Å²) in [5, 5.41) is 0. The number of benzene rings is 2. The molecular weight excluding hydrogens is 466 g/mol. The van der Waals surface area contributed by atoms with Crippen LogP contribution in [0.1, 0.15) is 18.4 Å². The number of nitrogens with two attached hydrogens (primary N) is 1. The highest BCUT2D eigenvalue weighted by Crippen LogP contribution is 2.37. The number of hydrogen-bond donors (Lipinski definition) is 1. The molecule has 2 aromatic carbocycles. The van der Waals surface area contributed by atoms with E-state index in [2.05, 4.69) is 9.89 Å². The van der Waals surface area contributed by atoms with Crippen molar-refractivity contribution < 1.29 is 17.9 Å². The summed E-state index contributed by atoms with van der Waals surface area (Å²) in [6.45, 7) is 3.80. The normalized spacial score (nSPS) is 18.0. The van der Waals surface area contributed by atoms with Gasteiger partial charge in [-0.3, -0.25) is 20.5 Å². The molecule has 35 heavy (non-hydrogen) atoms. The average Bonchev–Trinajstić information content (AvgIpc) is 3.55. The molecule has 0 radical (unpaired) electrons. The van der Waals surface area contributed by atoms with Crippen molar-refractivity contribution >= 4 is 27.7 Å². The summed E-state index contributed by atoms with van der Waals surface area (Å²) in [6, 6.07) is 15.7. The standard InChI is InChI=1S/C25H29N5O4S/c1-33-22-6-2-3-7-23(22)35(31,32)29-15-12-19-18-27-25(26)30(24(19)29)20-8-10-21(11-9-20)34-17-16-28-13-4-5-14-28/h2-3,6-12,15,18,25H,4-5,13-14,16-17,26H2,1H3. The second kappa shape index (κ2) is 9.73. The highest BCUT2D eigenvalue weighted by atomic mass is 32.2. The van der Waals surface area contributed by atoms with Crippen molar-refractivity contribution in [2.75, 3.05) is 38.3 Å². The van der Waals surface area contributed by atoms with Gasteiger partial charge in [0.05, 0.1) is 7.11 Å². The minimum absolute atomic E-state index is 0.0682. The van der Waals surface area contributed by atoms with E-state index in [1.54, 1.807) is 35.4 Å². The molecule has 1 atom stereocenters.